The van der Waals surface area contributed by atoms with E-state index in [0.29, 0.717) is 11.5 Å². The van der Waals surface area contributed by atoms with Gasteiger partial charge in [0.05, 0.1) is 20.8 Å². The Kier molecular flexibility index (Phi) is 7.08. The normalized spacial score (nSPS) is 10.8. The van der Waals surface area contributed by atoms with E-state index in [9.17, 15) is 19.8 Å². The Bertz CT molecular complexity index is 803. The molecule has 0 radical (unpaired) electrons. The highest BCUT2D eigenvalue weighted by Gasteiger charge is 2.49. The van der Waals surface area contributed by atoms with Crippen LogP contribution in [-0.4, -0.2) is 48.6 Å². The Morgan fingerprint density at radius 1 is 0.821 bits per heavy atom. The molecule has 0 atom stereocenters. The number of ether oxygens (including phenoxy) is 4. The molecule has 0 aliphatic heterocycles. The van der Waals surface area contributed by atoms with Crippen molar-refractivity contribution in [3.8, 4) is 23.0 Å². The van der Waals surface area contributed by atoms with Gasteiger partial charge in [0.1, 0.15) is 0 Å². The highest BCUT2D eigenvalue weighted by molar-refractivity contribution is 6.02. The first kappa shape index (κ1) is 20.9. The predicted octanol–water partition coefficient (Wildman–Crippen LogP) is 2.85. The second kappa shape index (κ2) is 9.50. The van der Waals surface area contributed by atoms with Crippen LogP contribution in [0.4, 0.5) is 0 Å². The summed E-state index contributed by atoms with van der Waals surface area (Å²) in [6, 6.07) is 13.2. The van der Waals surface area contributed by atoms with Crippen molar-refractivity contribution in [3.05, 3.63) is 48.5 Å². The minimum atomic E-state index is -2.47. The predicted molar refractivity (Wildman–Crippen MR) is 99.3 cm³/mol. The molecule has 0 amide bonds. The number of carbonyl (C=O) groups is 2. The van der Waals surface area contributed by atoms with E-state index < -0.39 is 17.5 Å². The van der Waals surface area contributed by atoms with E-state index in [4.69, 9.17) is 18.9 Å². The van der Waals surface area contributed by atoms with Crippen molar-refractivity contribution in [2.75, 3.05) is 20.8 Å². The van der Waals surface area contributed by atoms with Crippen molar-refractivity contribution in [2.45, 2.75) is 18.4 Å². The van der Waals surface area contributed by atoms with Gasteiger partial charge >= 0.3 is 17.5 Å². The summed E-state index contributed by atoms with van der Waals surface area (Å²) in [6.07, 6.45) is -0.198. The zero-order chi connectivity index (χ0) is 20.6. The number of aliphatic carboxylic acids is 2. The smallest absolute Gasteiger partial charge is 0.360 e. The van der Waals surface area contributed by atoms with Crippen molar-refractivity contribution in [1.29, 1.82) is 0 Å². The molecule has 2 aromatic carbocycles. The molecule has 0 aliphatic carbocycles. The first-order valence-corrected chi connectivity index (χ1v) is 8.49. The lowest BCUT2D eigenvalue weighted by Gasteiger charge is -2.27. The van der Waals surface area contributed by atoms with Gasteiger partial charge in [0, 0.05) is 6.42 Å². The molecule has 0 spiro atoms. The summed E-state index contributed by atoms with van der Waals surface area (Å²) in [7, 11) is 2.88. The molecule has 2 rings (SSSR count). The molecule has 8 nitrogen and oxygen atoms in total. The van der Waals surface area contributed by atoms with Gasteiger partial charge in [-0.05, 0) is 30.7 Å². The van der Waals surface area contributed by atoms with E-state index in [0.717, 1.165) is 0 Å². The van der Waals surface area contributed by atoms with Crippen LogP contribution in [0.3, 0.4) is 0 Å². The molecule has 2 aromatic rings. The topological polar surface area (TPSA) is 112 Å². The second-order valence-electron chi connectivity index (χ2n) is 5.79. The third kappa shape index (κ3) is 4.64. The molecule has 0 heterocycles. The maximum absolute atomic E-state index is 11.8. The average molecular weight is 390 g/mol. The quantitative estimate of drug-likeness (QED) is 0.445. The van der Waals surface area contributed by atoms with Crippen molar-refractivity contribution >= 4 is 11.9 Å². The number of rotatable bonds is 11. The van der Waals surface area contributed by atoms with Gasteiger partial charge in [-0.2, -0.15) is 0 Å². The fraction of sp³-hybridized carbons (Fsp3) is 0.300. The van der Waals surface area contributed by atoms with Crippen LogP contribution in [0.1, 0.15) is 12.8 Å². The summed E-state index contributed by atoms with van der Waals surface area (Å²) in [6.45, 7) is 0.0813. The molecule has 0 unspecified atom stereocenters. The maximum atomic E-state index is 11.8. The van der Waals surface area contributed by atoms with Gasteiger partial charge in [-0.1, -0.05) is 24.3 Å². The maximum Gasteiger partial charge on any atom is 0.360 e. The molecular formula is C20H22O8. The van der Waals surface area contributed by atoms with E-state index >= 15 is 0 Å². The third-order valence-electron chi connectivity index (χ3n) is 4.04. The number of benzene rings is 2. The number of carboxylic acid groups (broad SMARTS) is 2. The molecule has 0 aliphatic rings. The first-order valence-electron chi connectivity index (χ1n) is 8.49. The van der Waals surface area contributed by atoms with Gasteiger partial charge in [0.2, 0.25) is 0 Å². The summed E-state index contributed by atoms with van der Waals surface area (Å²) in [5, 5.41) is 19.2. The van der Waals surface area contributed by atoms with Crippen LogP contribution in [0, 0.1) is 0 Å². The Morgan fingerprint density at radius 3 is 1.79 bits per heavy atom. The molecule has 150 valence electrons. The molecule has 2 N–H and O–H groups in total. The fourth-order valence-electron chi connectivity index (χ4n) is 2.58. The van der Waals surface area contributed by atoms with Crippen LogP contribution in [0.5, 0.6) is 23.0 Å². The summed E-state index contributed by atoms with van der Waals surface area (Å²) in [5.74, 6) is -1.95. The van der Waals surface area contributed by atoms with Crippen molar-refractivity contribution in [3.63, 3.8) is 0 Å². The van der Waals surface area contributed by atoms with Crippen molar-refractivity contribution < 1.29 is 38.7 Å². The first-order chi connectivity index (χ1) is 13.4. The van der Waals surface area contributed by atoms with Crippen molar-refractivity contribution in [2.24, 2.45) is 0 Å². The largest absolute Gasteiger partial charge is 0.493 e. The van der Waals surface area contributed by atoms with Crippen LogP contribution in [0.2, 0.25) is 0 Å². The molecule has 0 saturated carbocycles. The average Bonchev–Trinajstić information content (AvgIpc) is 2.70. The van der Waals surface area contributed by atoms with E-state index in [1.54, 1.807) is 42.5 Å². The molecule has 0 fully saturated rings. The third-order valence-corrected chi connectivity index (χ3v) is 4.04. The summed E-state index contributed by atoms with van der Waals surface area (Å²) < 4.78 is 21.3. The minimum absolute atomic E-state index is 0.0282. The zero-order valence-corrected chi connectivity index (χ0v) is 15.6. The lowest BCUT2D eigenvalue weighted by Crippen LogP contribution is -2.52. The Balaban J connectivity index is 2.13. The van der Waals surface area contributed by atoms with Gasteiger partial charge in [0.25, 0.3) is 0 Å². The summed E-state index contributed by atoms with van der Waals surface area (Å²) in [5.41, 5.74) is -2.47. The second-order valence-corrected chi connectivity index (χ2v) is 5.79. The molecule has 8 heteroatoms. The van der Waals surface area contributed by atoms with E-state index in [1.807, 2.05) is 0 Å². The number of hydrogen-bond donors (Lipinski definition) is 2. The molecule has 0 bridgehead atoms. The SMILES string of the molecule is COc1ccccc1OCCCC(Oc1ccccc1OC)(C(=O)O)C(=O)O. The number of methoxy groups -OCH3 is 2. The summed E-state index contributed by atoms with van der Waals surface area (Å²) in [4.78, 5) is 23.6. The van der Waals surface area contributed by atoms with Gasteiger partial charge in [-0.15, -0.1) is 0 Å². The Morgan fingerprint density at radius 2 is 1.29 bits per heavy atom. The van der Waals surface area contributed by atoms with Crippen LogP contribution >= 0.6 is 0 Å². The molecule has 28 heavy (non-hydrogen) atoms. The van der Waals surface area contributed by atoms with Crippen LogP contribution in [0.15, 0.2) is 48.5 Å². The van der Waals surface area contributed by atoms with Crippen LogP contribution < -0.4 is 18.9 Å². The van der Waals surface area contributed by atoms with Crippen LogP contribution in [-0.2, 0) is 9.59 Å². The van der Waals surface area contributed by atoms with Crippen LogP contribution in [0.25, 0.3) is 0 Å². The zero-order valence-electron chi connectivity index (χ0n) is 15.6. The van der Waals surface area contributed by atoms with Gasteiger partial charge in [0.15, 0.2) is 23.0 Å². The summed E-state index contributed by atoms with van der Waals surface area (Å²) >= 11 is 0. The highest BCUT2D eigenvalue weighted by atomic mass is 16.6. The number of hydrogen-bond acceptors (Lipinski definition) is 6. The standard InChI is InChI=1S/C20H22O8/c1-25-14-8-3-5-10-16(14)27-13-7-12-20(18(21)22,19(23)24)28-17-11-6-4-9-15(17)26-2/h3-6,8-11H,7,12-13H2,1-2H3,(H,21,22)(H,23,24). The van der Waals surface area contributed by atoms with Gasteiger partial charge < -0.3 is 29.2 Å². The highest BCUT2D eigenvalue weighted by Crippen LogP contribution is 2.32. The molecular weight excluding hydrogens is 368 g/mol. The van der Waals surface area contributed by atoms with E-state index in [-0.39, 0.29) is 30.9 Å². The lowest BCUT2D eigenvalue weighted by molar-refractivity contribution is -0.173. The molecule has 0 aromatic heterocycles. The minimum Gasteiger partial charge on any atom is -0.493 e. The van der Waals surface area contributed by atoms with E-state index in [2.05, 4.69) is 0 Å². The van der Waals surface area contributed by atoms with E-state index in [1.165, 1.54) is 20.3 Å². The monoisotopic (exact) mass is 390 g/mol. The fourth-order valence-corrected chi connectivity index (χ4v) is 2.58. The number of carboxylic acids is 2. The van der Waals surface area contributed by atoms with Gasteiger partial charge in [-0.25, -0.2) is 9.59 Å². The Hall–Kier alpha value is -3.42. The molecule has 0 saturated heterocycles. The Labute approximate surface area is 162 Å². The lowest BCUT2D eigenvalue weighted by atomic mass is 9.97. The van der Waals surface area contributed by atoms with Crippen molar-refractivity contribution in [1.82, 2.24) is 0 Å². The van der Waals surface area contributed by atoms with Gasteiger partial charge in [-0.3, -0.25) is 0 Å². The number of para-hydroxylation sites is 4.